The van der Waals surface area contributed by atoms with Gasteiger partial charge >= 0.3 is 0 Å². The Morgan fingerprint density at radius 1 is 1.35 bits per heavy atom. The first-order valence-electron chi connectivity index (χ1n) is 5.93. The highest BCUT2D eigenvalue weighted by atomic mass is 16.1. The van der Waals surface area contributed by atoms with E-state index in [9.17, 15) is 4.79 Å². The lowest BCUT2D eigenvalue weighted by atomic mass is 10.1. The molecule has 0 aliphatic rings. The van der Waals surface area contributed by atoms with Gasteiger partial charge in [-0.2, -0.15) is 0 Å². The van der Waals surface area contributed by atoms with Gasteiger partial charge in [0, 0.05) is 13.6 Å². The predicted octanol–water partition coefficient (Wildman–Crippen LogP) is 1.68. The summed E-state index contributed by atoms with van der Waals surface area (Å²) in [7, 11) is 1.57. The van der Waals surface area contributed by atoms with Crippen LogP contribution in [0.25, 0.3) is 0 Å². The Labute approximate surface area is 102 Å². The fraction of sp³-hybridized carbons (Fsp3) is 0.583. The van der Waals surface area contributed by atoms with E-state index < -0.39 is 0 Å². The number of carbonyl (C=O) groups excluding carboxylic acids is 1. The normalized spacial score (nSPS) is 10.4. The van der Waals surface area contributed by atoms with Crippen molar-refractivity contribution in [2.24, 2.45) is 5.92 Å². The number of hydrogen-bond donors (Lipinski definition) is 2. The molecule has 94 valence electrons. The Hall–Kier alpha value is -1.65. The van der Waals surface area contributed by atoms with Crippen LogP contribution in [0.1, 0.15) is 37.2 Å². The largest absolute Gasteiger partial charge is 0.369 e. The zero-order valence-electron chi connectivity index (χ0n) is 10.7. The van der Waals surface area contributed by atoms with Gasteiger partial charge in [-0.15, -0.1) is 10.2 Å². The van der Waals surface area contributed by atoms with E-state index in [0.29, 0.717) is 11.5 Å². The molecule has 0 aromatic carbocycles. The van der Waals surface area contributed by atoms with Gasteiger partial charge in [-0.05, 0) is 30.9 Å². The second kappa shape index (κ2) is 6.83. The number of amides is 1. The van der Waals surface area contributed by atoms with Crippen molar-refractivity contribution in [3.8, 4) is 0 Å². The van der Waals surface area contributed by atoms with E-state index in [2.05, 4.69) is 34.7 Å². The average molecular weight is 236 g/mol. The second-order valence-electron chi connectivity index (χ2n) is 4.35. The van der Waals surface area contributed by atoms with Gasteiger partial charge in [0.15, 0.2) is 5.69 Å². The quantitative estimate of drug-likeness (QED) is 0.737. The van der Waals surface area contributed by atoms with Crippen molar-refractivity contribution in [3.05, 3.63) is 17.8 Å². The molecule has 1 aromatic heterocycles. The van der Waals surface area contributed by atoms with Crippen LogP contribution in [-0.4, -0.2) is 29.7 Å². The summed E-state index contributed by atoms with van der Waals surface area (Å²) in [5.41, 5.74) is 0.334. The van der Waals surface area contributed by atoms with Crippen LogP contribution in [-0.2, 0) is 0 Å². The molecule has 0 radical (unpaired) electrons. The minimum atomic E-state index is -0.219. The van der Waals surface area contributed by atoms with E-state index >= 15 is 0 Å². The molecule has 0 aliphatic heterocycles. The van der Waals surface area contributed by atoms with Crippen LogP contribution in [0.2, 0.25) is 0 Å². The number of rotatable bonds is 6. The minimum absolute atomic E-state index is 0.219. The molecule has 17 heavy (non-hydrogen) atoms. The molecule has 0 aliphatic carbocycles. The maximum absolute atomic E-state index is 11.2. The van der Waals surface area contributed by atoms with Gasteiger partial charge in [-0.1, -0.05) is 13.8 Å². The molecule has 0 unspecified atom stereocenters. The van der Waals surface area contributed by atoms with Gasteiger partial charge in [0.05, 0.1) is 0 Å². The van der Waals surface area contributed by atoms with Crippen LogP contribution in [0.4, 0.5) is 5.82 Å². The van der Waals surface area contributed by atoms with Gasteiger partial charge in [0.25, 0.3) is 5.91 Å². The first kappa shape index (κ1) is 13.4. The summed E-state index contributed by atoms with van der Waals surface area (Å²) in [5, 5.41) is 13.5. The molecule has 1 heterocycles. The molecule has 5 heteroatoms. The third kappa shape index (κ3) is 4.80. The van der Waals surface area contributed by atoms with Gasteiger partial charge < -0.3 is 10.6 Å². The number of hydrogen-bond acceptors (Lipinski definition) is 4. The lowest BCUT2D eigenvalue weighted by molar-refractivity contribution is 0.0957. The first-order chi connectivity index (χ1) is 8.13. The minimum Gasteiger partial charge on any atom is -0.369 e. The molecule has 0 saturated carbocycles. The third-order valence-corrected chi connectivity index (χ3v) is 2.39. The van der Waals surface area contributed by atoms with Crippen LogP contribution in [0.3, 0.4) is 0 Å². The van der Waals surface area contributed by atoms with E-state index in [1.807, 2.05) is 0 Å². The summed E-state index contributed by atoms with van der Waals surface area (Å²) in [5.74, 6) is 1.21. The maximum atomic E-state index is 11.2. The number of aromatic nitrogens is 2. The van der Waals surface area contributed by atoms with Crippen molar-refractivity contribution >= 4 is 11.7 Å². The van der Waals surface area contributed by atoms with E-state index in [-0.39, 0.29) is 5.91 Å². The van der Waals surface area contributed by atoms with Gasteiger partial charge in [0.1, 0.15) is 5.82 Å². The number of nitrogens with one attached hydrogen (secondary N) is 2. The summed E-state index contributed by atoms with van der Waals surface area (Å²) in [6.07, 6.45) is 2.30. The van der Waals surface area contributed by atoms with Crippen molar-refractivity contribution in [2.75, 3.05) is 18.9 Å². The van der Waals surface area contributed by atoms with Crippen molar-refractivity contribution in [2.45, 2.75) is 26.7 Å². The van der Waals surface area contributed by atoms with E-state index in [0.717, 1.165) is 18.9 Å². The van der Waals surface area contributed by atoms with Crippen molar-refractivity contribution in [3.63, 3.8) is 0 Å². The highest BCUT2D eigenvalue weighted by Gasteiger charge is 2.04. The summed E-state index contributed by atoms with van der Waals surface area (Å²) in [6.45, 7) is 5.29. The number of anilines is 1. The maximum Gasteiger partial charge on any atom is 0.271 e. The van der Waals surface area contributed by atoms with Crippen LogP contribution in [0.5, 0.6) is 0 Å². The van der Waals surface area contributed by atoms with E-state index in [1.54, 1.807) is 19.2 Å². The number of nitrogens with zero attached hydrogens (tertiary/aromatic N) is 2. The molecular weight excluding hydrogens is 216 g/mol. The standard InChI is InChI=1S/C12H20N4O/c1-9(2)5-4-8-14-11-7-6-10(15-16-11)12(17)13-3/h6-7,9H,4-5,8H2,1-3H3,(H,13,17)(H,14,16). The molecule has 0 atom stereocenters. The highest BCUT2D eigenvalue weighted by molar-refractivity contribution is 5.91. The van der Waals surface area contributed by atoms with Crippen LogP contribution in [0, 0.1) is 5.92 Å². The van der Waals surface area contributed by atoms with E-state index in [4.69, 9.17) is 0 Å². The third-order valence-electron chi connectivity index (χ3n) is 2.39. The summed E-state index contributed by atoms with van der Waals surface area (Å²) < 4.78 is 0. The van der Waals surface area contributed by atoms with Crippen molar-refractivity contribution in [1.29, 1.82) is 0 Å². The first-order valence-corrected chi connectivity index (χ1v) is 5.93. The lowest BCUT2D eigenvalue weighted by Gasteiger charge is -2.06. The van der Waals surface area contributed by atoms with E-state index in [1.165, 1.54) is 6.42 Å². The zero-order chi connectivity index (χ0) is 12.7. The topological polar surface area (TPSA) is 66.9 Å². The van der Waals surface area contributed by atoms with Gasteiger partial charge in [0.2, 0.25) is 0 Å². The van der Waals surface area contributed by atoms with Gasteiger partial charge in [-0.25, -0.2) is 0 Å². The monoisotopic (exact) mass is 236 g/mol. The molecule has 0 saturated heterocycles. The Morgan fingerprint density at radius 2 is 2.12 bits per heavy atom. The summed E-state index contributed by atoms with van der Waals surface area (Å²) in [4.78, 5) is 11.2. The summed E-state index contributed by atoms with van der Waals surface area (Å²) in [6, 6.07) is 3.43. The molecule has 2 N–H and O–H groups in total. The Morgan fingerprint density at radius 3 is 2.65 bits per heavy atom. The van der Waals surface area contributed by atoms with Crippen LogP contribution >= 0.6 is 0 Å². The molecule has 1 aromatic rings. The molecule has 0 bridgehead atoms. The lowest BCUT2D eigenvalue weighted by Crippen LogP contribution is -2.19. The highest BCUT2D eigenvalue weighted by Crippen LogP contribution is 2.05. The summed E-state index contributed by atoms with van der Waals surface area (Å²) >= 11 is 0. The predicted molar refractivity (Wildman–Crippen MR) is 68.0 cm³/mol. The number of carbonyl (C=O) groups is 1. The van der Waals surface area contributed by atoms with Crippen molar-refractivity contribution < 1.29 is 4.79 Å². The average Bonchev–Trinajstić information content (AvgIpc) is 2.34. The van der Waals surface area contributed by atoms with Crippen LogP contribution in [0.15, 0.2) is 12.1 Å². The van der Waals surface area contributed by atoms with Crippen molar-refractivity contribution in [1.82, 2.24) is 15.5 Å². The molecular formula is C12H20N4O. The zero-order valence-corrected chi connectivity index (χ0v) is 10.7. The molecule has 1 rings (SSSR count). The second-order valence-corrected chi connectivity index (χ2v) is 4.35. The molecule has 0 spiro atoms. The Bertz CT molecular complexity index is 348. The van der Waals surface area contributed by atoms with Crippen LogP contribution < -0.4 is 10.6 Å². The molecule has 0 fully saturated rings. The molecule has 1 amide bonds. The molecule has 5 nitrogen and oxygen atoms in total. The fourth-order valence-electron chi connectivity index (χ4n) is 1.40. The van der Waals surface area contributed by atoms with Gasteiger partial charge in [-0.3, -0.25) is 4.79 Å². The Balaban J connectivity index is 2.38. The smallest absolute Gasteiger partial charge is 0.271 e. The fourth-order valence-corrected chi connectivity index (χ4v) is 1.40. The Kier molecular flexibility index (Phi) is 5.39. The SMILES string of the molecule is CNC(=O)c1ccc(NCCCC(C)C)nn1.